The van der Waals surface area contributed by atoms with Crippen molar-refractivity contribution in [1.29, 1.82) is 0 Å². The van der Waals surface area contributed by atoms with Crippen LogP contribution in [0.3, 0.4) is 0 Å². The van der Waals surface area contributed by atoms with E-state index in [2.05, 4.69) is 5.32 Å². The molecule has 1 atom stereocenters. The van der Waals surface area contributed by atoms with Crippen LogP contribution in [0.25, 0.3) is 0 Å². The van der Waals surface area contributed by atoms with E-state index in [4.69, 9.17) is 21.1 Å². The molecule has 1 amide bonds. The molecule has 5 heteroatoms. The van der Waals surface area contributed by atoms with Crippen molar-refractivity contribution in [3.8, 4) is 11.5 Å². The SMILES string of the molecule is COc1cccc(C(=O)N[C@@H](C)c2ccccc2Cl)c1OC. The fraction of sp³-hybridized carbons (Fsp3) is 0.235. The molecule has 0 spiro atoms. The molecule has 2 aromatic rings. The topological polar surface area (TPSA) is 47.6 Å². The van der Waals surface area contributed by atoms with Crippen LogP contribution in [0.1, 0.15) is 28.9 Å². The highest BCUT2D eigenvalue weighted by molar-refractivity contribution is 6.31. The van der Waals surface area contributed by atoms with Gasteiger partial charge in [-0.15, -0.1) is 0 Å². The number of nitrogens with one attached hydrogen (secondary N) is 1. The zero-order chi connectivity index (χ0) is 16.1. The van der Waals surface area contributed by atoms with E-state index in [1.54, 1.807) is 24.3 Å². The van der Waals surface area contributed by atoms with Gasteiger partial charge in [0.1, 0.15) is 0 Å². The van der Waals surface area contributed by atoms with E-state index in [-0.39, 0.29) is 11.9 Å². The van der Waals surface area contributed by atoms with Crippen molar-refractivity contribution < 1.29 is 14.3 Å². The van der Waals surface area contributed by atoms with Crippen LogP contribution in [-0.4, -0.2) is 20.1 Å². The molecule has 0 unspecified atom stereocenters. The summed E-state index contributed by atoms with van der Waals surface area (Å²) in [4.78, 5) is 12.5. The summed E-state index contributed by atoms with van der Waals surface area (Å²) in [5.41, 5.74) is 1.28. The molecule has 0 bridgehead atoms. The molecule has 0 radical (unpaired) electrons. The molecule has 4 nitrogen and oxygen atoms in total. The highest BCUT2D eigenvalue weighted by Gasteiger charge is 2.19. The lowest BCUT2D eigenvalue weighted by molar-refractivity contribution is 0.0936. The molecule has 0 aliphatic carbocycles. The Labute approximate surface area is 135 Å². The minimum Gasteiger partial charge on any atom is -0.493 e. The summed E-state index contributed by atoms with van der Waals surface area (Å²) in [5.74, 6) is 0.678. The fourth-order valence-electron chi connectivity index (χ4n) is 2.24. The number of rotatable bonds is 5. The number of carbonyl (C=O) groups is 1. The highest BCUT2D eigenvalue weighted by atomic mass is 35.5. The summed E-state index contributed by atoms with van der Waals surface area (Å²) in [6.07, 6.45) is 0. The molecule has 2 aromatic carbocycles. The maximum absolute atomic E-state index is 12.5. The van der Waals surface area contributed by atoms with Gasteiger partial charge < -0.3 is 14.8 Å². The van der Waals surface area contributed by atoms with Crippen LogP contribution in [0.2, 0.25) is 5.02 Å². The second kappa shape index (κ2) is 7.18. The van der Waals surface area contributed by atoms with E-state index in [0.717, 1.165) is 5.56 Å². The molecule has 0 aliphatic heterocycles. The Kier molecular flexibility index (Phi) is 5.28. The van der Waals surface area contributed by atoms with E-state index in [1.807, 2.05) is 25.1 Å². The summed E-state index contributed by atoms with van der Waals surface area (Å²) in [5, 5.41) is 3.54. The van der Waals surface area contributed by atoms with E-state index < -0.39 is 0 Å². The molecule has 0 aliphatic rings. The largest absolute Gasteiger partial charge is 0.493 e. The van der Waals surface area contributed by atoms with Crippen LogP contribution in [0.15, 0.2) is 42.5 Å². The number of hydrogen-bond donors (Lipinski definition) is 1. The first-order valence-electron chi connectivity index (χ1n) is 6.84. The van der Waals surface area contributed by atoms with Gasteiger partial charge in [0.25, 0.3) is 5.91 Å². The zero-order valence-corrected chi connectivity index (χ0v) is 13.5. The Balaban J connectivity index is 2.25. The Morgan fingerprint density at radius 3 is 2.45 bits per heavy atom. The first-order chi connectivity index (χ1) is 10.6. The Bertz CT molecular complexity index is 673. The summed E-state index contributed by atoms with van der Waals surface area (Å²) in [6, 6.07) is 12.4. The van der Waals surface area contributed by atoms with Gasteiger partial charge in [-0.05, 0) is 30.7 Å². The van der Waals surface area contributed by atoms with Gasteiger partial charge in [-0.2, -0.15) is 0 Å². The normalized spacial score (nSPS) is 11.6. The van der Waals surface area contributed by atoms with Crippen LogP contribution in [0.4, 0.5) is 0 Å². The lowest BCUT2D eigenvalue weighted by Crippen LogP contribution is -2.27. The van der Waals surface area contributed by atoms with E-state index in [9.17, 15) is 4.79 Å². The third kappa shape index (κ3) is 3.34. The number of carbonyl (C=O) groups excluding carboxylic acids is 1. The van der Waals surface area contributed by atoms with Gasteiger partial charge in [0.2, 0.25) is 0 Å². The second-order valence-electron chi connectivity index (χ2n) is 4.76. The smallest absolute Gasteiger partial charge is 0.255 e. The summed E-state index contributed by atoms with van der Waals surface area (Å²) >= 11 is 6.16. The molecular formula is C17H18ClNO3. The number of benzene rings is 2. The van der Waals surface area contributed by atoms with Gasteiger partial charge >= 0.3 is 0 Å². The Morgan fingerprint density at radius 2 is 1.82 bits per heavy atom. The summed E-state index contributed by atoms with van der Waals surface area (Å²) in [7, 11) is 3.04. The zero-order valence-electron chi connectivity index (χ0n) is 12.7. The fourth-order valence-corrected chi connectivity index (χ4v) is 2.54. The number of hydrogen-bond acceptors (Lipinski definition) is 3. The van der Waals surface area contributed by atoms with Crippen molar-refractivity contribution in [2.75, 3.05) is 14.2 Å². The number of methoxy groups -OCH3 is 2. The van der Waals surface area contributed by atoms with Gasteiger partial charge in [-0.25, -0.2) is 0 Å². The quantitative estimate of drug-likeness (QED) is 0.910. The van der Waals surface area contributed by atoms with Gasteiger partial charge in [-0.3, -0.25) is 4.79 Å². The number of para-hydroxylation sites is 1. The highest BCUT2D eigenvalue weighted by Crippen LogP contribution is 2.31. The van der Waals surface area contributed by atoms with E-state index in [1.165, 1.54) is 14.2 Å². The first kappa shape index (κ1) is 16.2. The monoisotopic (exact) mass is 319 g/mol. The third-order valence-corrected chi connectivity index (χ3v) is 3.71. The van der Waals surface area contributed by atoms with Crippen molar-refractivity contribution in [3.63, 3.8) is 0 Å². The standard InChI is InChI=1S/C17H18ClNO3/c1-11(12-7-4-5-9-14(12)18)19-17(20)13-8-6-10-15(21-2)16(13)22-3/h4-11H,1-3H3,(H,19,20)/t11-/m0/s1. The number of amides is 1. The van der Waals surface area contributed by atoms with Crippen LogP contribution in [0, 0.1) is 0 Å². The lowest BCUT2D eigenvalue weighted by atomic mass is 10.1. The van der Waals surface area contributed by atoms with Crippen LogP contribution >= 0.6 is 11.6 Å². The average molecular weight is 320 g/mol. The third-order valence-electron chi connectivity index (χ3n) is 3.37. The molecule has 22 heavy (non-hydrogen) atoms. The summed E-state index contributed by atoms with van der Waals surface area (Å²) < 4.78 is 10.5. The molecule has 1 N–H and O–H groups in total. The minimum atomic E-state index is -0.247. The van der Waals surface area contributed by atoms with E-state index in [0.29, 0.717) is 22.1 Å². The Hall–Kier alpha value is -2.20. The lowest BCUT2D eigenvalue weighted by Gasteiger charge is -2.17. The molecule has 0 saturated carbocycles. The molecular weight excluding hydrogens is 302 g/mol. The Morgan fingerprint density at radius 1 is 1.09 bits per heavy atom. The first-order valence-corrected chi connectivity index (χ1v) is 7.22. The van der Waals surface area contributed by atoms with Crippen LogP contribution in [0.5, 0.6) is 11.5 Å². The predicted molar refractivity (Wildman–Crippen MR) is 86.9 cm³/mol. The maximum atomic E-state index is 12.5. The predicted octanol–water partition coefficient (Wildman–Crippen LogP) is 3.85. The minimum absolute atomic E-state index is 0.225. The molecule has 0 fully saturated rings. The maximum Gasteiger partial charge on any atom is 0.255 e. The van der Waals surface area contributed by atoms with Gasteiger partial charge in [0.05, 0.1) is 25.8 Å². The molecule has 0 heterocycles. The van der Waals surface area contributed by atoms with Crippen LogP contribution in [-0.2, 0) is 0 Å². The van der Waals surface area contributed by atoms with Gasteiger partial charge in [0, 0.05) is 5.02 Å². The van der Waals surface area contributed by atoms with Crippen LogP contribution < -0.4 is 14.8 Å². The number of ether oxygens (including phenoxy) is 2. The van der Waals surface area contributed by atoms with E-state index >= 15 is 0 Å². The molecule has 2 rings (SSSR count). The molecule has 0 saturated heterocycles. The van der Waals surface area contributed by atoms with Gasteiger partial charge in [-0.1, -0.05) is 35.9 Å². The van der Waals surface area contributed by atoms with Crippen molar-refractivity contribution in [2.45, 2.75) is 13.0 Å². The summed E-state index contributed by atoms with van der Waals surface area (Å²) in [6.45, 7) is 1.88. The number of halogens is 1. The van der Waals surface area contributed by atoms with Crippen molar-refractivity contribution >= 4 is 17.5 Å². The van der Waals surface area contributed by atoms with Crippen molar-refractivity contribution in [3.05, 3.63) is 58.6 Å². The van der Waals surface area contributed by atoms with Gasteiger partial charge in [0.15, 0.2) is 11.5 Å². The van der Waals surface area contributed by atoms with Crippen molar-refractivity contribution in [1.82, 2.24) is 5.32 Å². The molecule has 0 aromatic heterocycles. The average Bonchev–Trinajstić information content (AvgIpc) is 2.54. The second-order valence-corrected chi connectivity index (χ2v) is 5.16. The van der Waals surface area contributed by atoms with Crippen molar-refractivity contribution in [2.24, 2.45) is 0 Å². The molecule has 116 valence electrons.